The first-order valence-corrected chi connectivity index (χ1v) is 7.41. The van der Waals surface area contributed by atoms with Crippen LogP contribution < -0.4 is 10.7 Å². The van der Waals surface area contributed by atoms with Crippen LogP contribution in [0.2, 0.25) is 0 Å². The van der Waals surface area contributed by atoms with Gasteiger partial charge in [-0.2, -0.15) is 0 Å². The molecule has 0 aliphatic carbocycles. The van der Waals surface area contributed by atoms with Gasteiger partial charge in [-0.05, 0) is 18.1 Å². The van der Waals surface area contributed by atoms with E-state index < -0.39 is 17.2 Å². The maximum atomic E-state index is 13.3. The summed E-state index contributed by atoms with van der Waals surface area (Å²) >= 11 is 0. The number of nitrogens with one attached hydrogen (secondary N) is 1. The van der Waals surface area contributed by atoms with Crippen LogP contribution in [0.1, 0.15) is 41.8 Å². The molecule has 1 N–H and O–H groups in total. The number of hydrogen-bond acceptors (Lipinski definition) is 5. The fourth-order valence-electron chi connectivity index (χ4n) is 2.18. The molecule has 24 heavy (non-hydrogen) atoms. The van der Waals surface area contributed by atoms with E-state index in [-0.39, 0.29) is 29.2 Å². The molecule has 0 bridgehead atoms. The second-order valence-corrected chi connectivity index (χ2v) is 5.67. The molecular weight excluding hydrogens is 315 g/mol. The Morgan fingerprint density at radius 3 is 2.79 bits per heavy atom. The number of hydrogen-bond donors (Lipinski definition) is 1. The molecule has 3 rings (SSSR count). The molecule has 0 saturated carbocycles. The molecular formula is C17H15FN2O4. The molecule has 1 amide bonds. The molecule has 2 heterocycles. The highest BCUT2D eigenvalue weighted by atomic mass is 19.1. The fraction of sp³-hybridized carbons (Fsp3) is 0.235. The summed E-state index contributed by atoms with van der Waals surface area (Å²) in [4.78, 5) is 24.1. The normalized spacial score (nSPS) is 11.2. The third kappa shape index (κ3) is 3.19. The molecule has 1 aromatic carbocycles. The maximum Gasteiger partial charge on any atom is 0.287 e. The Balaban J connectivity index is 1.79. The van der Waals surface area contributed by atoms with Crippen molar-refractivity contribution in [2.45, 2.75) is 26.3 Å². The minimum Gasteiger partial charge on any atom is -0.451 e. The first-order valence-electron chi connectivity index (χ1n) is 7.41. The number of halogens is 1. The molecule has 0 atom stereocenters. The predicted octanol–water partition coefficient (Wildman–Crippen LogP) is 2.97. The van der Waals surface area contributed by atoms with Crippen LogP contribution in [-0.2, 0) is 6.54 Å². The lowest BCUT2D eigenvalue weighted by Crippen LogP contribution is -2.23. The van der Waals surface area contributed by atoms with Crippen molar-refractivity contribution in [3.8, 4) is 0 Å². The van der Waals surface area contributed by atoms with Gasteiger partial charge < -0.3 is 14.3 Å². The van der Waals surface area contributed by atoms with Gasteiger partial charge in [-0.1, -0.05) is 19.0 Å². The molecule has 0 aliphatic rings. The molecule has 0 aliphatic heterocycles. The molecule has 7 heteroatoms. The second kappa shape index (κ2) is 6.27. The van der Waals surface area contributed by atoms with Crippen LogP contribution in [0.25, 0.3) is 11.0 Å². The van der Waals surface area contributed by atoms with E-state index in [4.69, 9.17) is 8.94 Å². The van der Waals surface area contributed by atoms with Crippen molar-refractivity contribution < 1.29 is 18.1 Å². The van der Waals surface area contributed by atoms with Crippen molar-refractivity contribution in [3.63, 3.8) is 0 Å². The summed E-state index contributed by atoms with van der Waals surface area (Å²) < 4.78 is 23.7. The predicted molar refractivity (Wildman–Crippen MR) is 84.2 cm³/mol. The van der Waals surface area contributed by atoms with Crippen molar-refractivity contribution in [1.29, 1.82) is 0 Å². The van der Waals surface area contributed by atoms with Crippen LogP contribution in [0.4, 0.5) is 4.39 Å². The number of rotatable bonds is 4. The van der Waals surface area contributed by atoms with E-state index >= 15 is 0 Å². The summed E-state index contributed by atoms with van der Waals surface area (Å²) in [6, 6.07) is 6.38. The van der Waals surface area contributed by atoms with E-state index in [1.54, 1.807) is 6.07 Å². The summed E-state index contributed by atoms with van der Waals surface area (Å²) in [7, 11) is 0. The van der Waals surface area contributed by atoms with Gasteiger partial charge in [0.05, 0.1) is 17.6 Å². The first kappa shape index (κ1) is 15.9. The highest BCUT2D eigenvalue weighted by molar-refractivity contribution is 5.93. The molecule has 0 fully saturated rings. The summed E-state index contributed by atoms with van der Waals surface area (Å²) in [5.41, 5.74) is 0.393. The number of carbonyl (C=O) groups excluding carboxylic acids is 1. The summed E-state index contributed by atoms with van der Waals surface area (Å²) in [5, 5.41) is 6.68. The number of amides is 1. The summed E-state index contributed by atoms with van der Waals surface area (Å²) in [5.74, 6) is -0.638. The second-order valence-electron chi connectivity index (χ2n) is 5.67. The monoisotopic (exact) mass is 330 g/mol. The van der Waals surface area contributed by atoms with E-state index in [0.717, 1.165) is 23.9 Å². The molecule has 0 unspecified atom stereocenters. The summed E-state index contributed by atoms with van der Waals surface area (Å²) in [6.07, 6.45) is 0. The van der Waals surface area contributed by atoms with Gasteiger partial charge in [-0.25, -0.2) is 4.39 Å². The molecule has 0 radical (unpaired) electrons. The van der Waals surface area contributed by atoms with E-state index in [1.165, 1.54) is 6.07 Å². The lowest BCUT2D eigenvalue weighted by atomic mass is 10.1. The molecule has 0 spiro atoms. The van der Waals surface area contributed by atoms with E-state index in [0.29, 0.717) is 5.76 Å². The topological polar surface area (TPSA) is 85.3 Å². The van der Waals surface area contributed by atoms with Gasteiger partial charge in [0.1, 0.15) is 11.4 Å². The molecule has 124 valence electrons. The van der Waals surface area contributed by atoms with Gasteiger partial charge in [-0.3, -0.25) is 9.59 Å². The molecule has 0 saturated heterocycles. The highest BCUT2D eigenvalue weighted by Crippen LogP contribution is 2.15. The quantitative estimate of drug-likeness (QED) is 0.795. The Hall–Kier alpha value is -2.96. The van der Waals surface area contributed by atoms with Crippen molar-refractivity contribution in [3.05, 3.63) is 63.6 Å². The lowest BCUT2D eigenvalue weighted by Gasteiger charge is -2.03. The standard InChI is InChI=1S/C17H15FN2O4/c1-9(2)13-6-11(24-20-13)8-19-17(22)16-7-14(21)12-4-3-10(18)5-15(12)23-16/h3-7,9H,8H2,1-2H3,(H,19,22). The van der Waals surface area contributed by atoms with E-state index in [9.17, 15) is 14.0 Å². The van der Waals surface area contributed by atoms with Crippen molar-refractivity contribution >= 4 is 16.9 Å². The highest BCUT2D eigenvalue weighted by Gasteiger charge is 2.14. The number of carbonyl (C=O) groups is 1. The Kier molecular flexibility index (Phi) is 4.16. The Bertz CT molecular complexity index is 959. The van der Waals surface area contributed by atoms with Crippen LogP contribution >= 0.6 is 0 Å². The summed E-state index contributed by atoms with van der Waals surface area (Å²) in [6.45, 7) is 4.05. The number of fused-ring (bicyclic) bond motifs is 1. The van der Waals surface area contributed by atoms with E-state index in [1.807, 2.05) is 13.8 Å². The zero-order chi connectivity index (χ0) is 17.3. The van der Waals surface area contributed by atoms with Crippen LogP contribution in [0.15, 0.2) is 44.1 Å². The molecule has 3 aromatic rings. The third-order valence-corrected chi connectivity index (χ3v) is 3.51. The Labute approximate surface area is 136 Å². The van der Waals surface area contributed by atoms with E-state index in [2.05, 4.69) is 10.5 Å². The van der Waals surface area contributed by atoms with Crippen molar-refractivity contribution in [1.82, 2.24) is 10.5 Å². The van der Waals surface area contributed by atoms with Crippen LogP contribution in [0, 0.1) is 5.82 Å². The smallest absolute Gasteiger partial charge is 0.287 e. The molecule has 6 nitrogen and oxygen atoms in total. The Morgan fingerprint density at radius 2 is 2.08 bits per heavy atom. The van der Waals surface area contributed by atoms with Gasteiger partial charge in [0.2, 0.25) is 0 Å². The van der Waals surface area contributed by atoms with Crippen molar-refractivity contribution in [2.75, 3.05) is 0 Å². The molecule has 2 aromatic heterocycles. The maximum absolute atomic E-state index is 13.3. The van der Waals surface area contributed by atoms with Gasteiger partial charge in [0.25, 0.3) is 5.91 Å². The minimum atomic E-state index is -0.597. The van der Waals surface area contributed by atoms with Gasteiger partial charge in [-0.15, -0.1) is 0 Å². The van der Waals surface area contributed by atoms with Crippen molar-refractivity contribution in [2.24, 2.45) is 0 Å². The number of nitrogens with zero attached hydrogens (tertiary/aromatic N) is 1. The number of aromatic nitrogens is 1. The van der Waals surface area contributed by atoms with Crippen LogP contribution in [-0.4, -0.2) is 11.1 Å². The van der Waals surface area contributed by atoms with Crippen LogP contribution in [0.3, 0.4) is 0 Å². The lowest BCUT2D eigenvalue weighted by molar-refractivity contribution is 0.0919. The van der Waals surface area contributed by atoms with Crippen LogP contribution in [0.5, 0.6) is 0 Å². The Morgan fingerprint density at radius 1 is 1.29 bits per heavy atom. The third-order valence-electron chi connectivity index (χ3n) is 3.51. The SMILES string of the molecule is CC(C)c1cc(CNC(=O)c2cc(=O)c3ccc(F)cc3o2)on1. The number of benzene rings is 1. The minimum absolute atomic E-state index is 0.0226. The van der Waals surface area contributed by atoms with Gasteiger partial charge in [0, 0.05) is 18.2 Å². The fourth-order valence-corrected chi connectivity index (χ4v) is 2.18. The zero-order valence-electron chi connectivity index (χ0n) is 13.1. The average molecular weight is 330 g/mol. The largest absolute Gasteiger partial charge is 0.451 e. The zero-order valence-corrected chi connectivity index (χ0v) is 13.1. The van der Waals surface area contributed by atoms with Gasteiger partial charge >= 0.3 is 0 Å². The van der Waals surface area contributed by atoms with Gasteiger partial charge in [0.15, 0.2) is 16.9 Å². The first-order chi connectivity index (χ1) is 11.4. The average Bonchev–Trinajstić information content (AvgIpc) is 3.01.